The van der Waals surface area contributed by atoms with Crippen molar-refractivity contribution >= 4 is 12.6 Å². The molecule has 0 amide bonds. The molecule has 0 bridgehead atoms. The number of hydrogen-bond donors (Lipinski definition) is 0. The smallest absolute Gasteiger partial charge is 1.00 e. The molecule has 0 unspecified atom stereocenters. The second-order valence-corrected chi connectivity index (χ2v) is 0.274. The van der Waals surface area contributed by atoms with Crippen LogP contribution in [0.1, 0.15) is 1.43 Å². The van der Waals surface area contributed by atoms with E-state index in [9.17, 15) is 0 Å². The molecule has 0 heterocycles. The summed E-state index contributed by atoms with van der Waals surface area (Å²) in [6, 6.07) is 0. The van der Waals surface area contributed by atoms with E-state index in [1.807, 2.05) is 0 Å². The van der Waals surface area contributed by atoms with Crippen molar-refractivity contribution in [3.05, 3.63) is 0 Å². The van der Waals surface area contributed by atoms with Crippen LogP contribution in [0.5, 0.6) is 0 Å². The normalized spacial score (nSPS) is 1.40. The summed E-state index contributed by atoms with van der Waals surface area (Å²) in [5, 5.41) is 8.47. The molecule has 0 atom stereocenters. The fraction of sp³-hybridized carbons (Fsp3) is 0. The molecule has 0 aromatic heterocycles. The zero-order chi connectivity index (χ0) is 2.71. The quantitative estimate of drug-likeness (QED) is 0.270. The van der Waals surface area contributed by atoms with Crippen molar-refractivity contribution < 1.29 is 53.4 Å². The average Bonchev–Trinajstić information content (AvgIpc) is 0.918. The van der Waals surface area contributed by atoms with Gasteiger partial charge >= 0.3 is 51.9 Å². The maximum Gasteiger partial charge on any atom is 1.00 e. The van der Waals surface area contributed by atoms with Gasteiger partial charge in [0, 0.05) is 0 Å². The summed E-state index contributed by atoms with van der Waals surface area (Å²) in [6.45, 7) is 0. The molecule has 0 aliphatic carbocycles. The second kappa shape index (κ2) is 18.0. The molecule has 0 spiro atoms. The molecule has 1 nitrogen and oxygen atoms in total. The van der Waals surface area contributed by atoms with E-state index in [-0.39, 0.29) is 53.4 Å². The Hall–Kier alpha value is 1.45. The van der Waals surface area contributed by atoms with E-state index in [1.54, 1.807) is 0 Å². The van der Waals surface area contributed by atoms with Crippen LogP contribution < -0.4 is 29.6 Å². The fourth-order valence-corrected chi connectivity index (χ4v) is 0. The summed E-state index contributed by atoms with van der Waals surface area (Å²) >= 11 is 3.70. The third kappa shape index (κ3) is 30.8. The van der Waals surface area contributed by atoms with Crippen LogP contribution >= 0.6 is 0 Å². The van der Waals surface area contributed by atoms with Crippen LogP contribution in [0.4, 0.5) is 0 Å². The van der Waals surface area contributed by atoms with E-state index in [0.717, 1.165) is 0 Å². The van der Waals surface area contributed by atoms with Gasteiger partial charge < -0.3 is 14.1 Å². The van der Waals surface area contributed by atoms with E-state index in [2.05, 4.69) is 12.6 Å². The summed E-state index contributed by atoms with van der Waals surface area (Å²) in [4.78, 5) is 0. The molecule has 28 valence electrons. The molecule has 0 radical (unpaired) electrons. The van der Waals surface area contributed by atoms with E-state index < -0.39 is 0 Å². The van der Waals surface area contributed by atoms with Crippen LogP contribution in [0.2, 0.25) is 0 Å². The fourth-order valence-electron chi connectivity index (χ4n) is 0. The van der Waals surface area contributed by atoms with Crippen molar-refractivity contribution in [2.75, 3.05) is 0 Å². The summed E-state index contributed by atoms with van der Waals surface area (Å²) in [5.74, 6) is 0. The number of rotatable bonds is 0. The molecule has 0 rings (SSSR count). The van der Waals surface area contributed by atoms with Gasteiger partial charge in [-0.25, -0.2) is 5.26 Å². The van der Waals surface area contributed by atoms with Gasteiger partial charge in [-0.15, -0.1) is 0 Å². The second-order valence-electron chi connectivity index (χ2n) is 0.0913. The molecule has 0 aliphatic rings. The Morgan fingerprint density at radius 3 is 1.80 bits per heavy atom. The minimum Gasteiger partial charge on any atom is -1.00 e. The summed E-state index contributed by atoms with van der Waals surface area (Å²) in [6.07, 6.45) is 0. The Bertz CT molecular complexity index is 37.0. The first-order valence-corrected chi connectivity index (χ1v) is 0.836. The molecule has 0 aromatic carbocycles. The van der Waals surface area contributed by atoms with E-state index in [1.165, 1.54) is 5.40 Å². The molecule has 0 aliphatic heterocycles. The Labute approximate surface area is 75.8 Å². The largest absolute Gasteiger partial charge is 1.00 e. The van der Waals surface area contributed by atoms with Crippen LogP contribution in [0.3, 0.4) is 0 Å². The van der Waals surface area contributed by atoms with Gasteiger partial charge in [0.2, 0.25) is 0 Å². The molecular weight excluding hydrogens is 278 g/mol. The molecule has 0 saturated carbocycles. The van der Waals surface area contributed by atoms with Crippen LogP contribution in [-0.4, -0.2) is 0 Å². The Morgan fingerprint density at radius 1 is 1.80 bits per heavy atom. The third-order valence-corrected chi connectivity index (χ3v) is 0. The molecule has 0 fully saturated rings. The van der Waals surface area contributed by atoms with E-state index in [4.69, 9.17) is 5.26 Å². The molecule has 0 N–H and O–H groups in total. The van der Waals surface area contributed by atoms with Crippen LogP contribution in [0.25, 0.3) is 0 Å². The van der Waals surface area contributed by atoms with Gasteiger partial charge in [0.25, 0.3) is 0 Å². The summed E-state index contributed by atoms with van der Waals surface area (Å²) in [5.41, 5.74) is 0. The first-order valence-electron chi connectivity index (χ1n) is 0.428. The first kappa shape index (κ1) is 16.1. The molecule has 5 heavy (non-hydrogen) atoms. The standard InChI is InChI=1S/CHNS.Au.Na.H/c2-1-3;;;/h3H;;;/q;2*+1;-1/p-1. The van der Waals surface area contributed by atoms with Gasteiger partial charge in [-0.05, 0) is 0 Å². The number of nitriles is 1. The zero-order valence-electron chi connectivity index (χ0n) is 3.66. The maximum atomic E-state index is 7.13. The van der Waals surface area contributed by atoms with Gasteiger partial charge in [-0.2, -0.15) is 0 Å². The Morgan fingerprint density at radius 2 is 1.80 bits per heavy atom. The number of thiocyanates is 1. The van der Waals surface area contributed by atoms with Crippen LogP contribution in [-0.2, 0) is 35.0 Å². The van der Waals surface area contributed by atoms with Gasteiger partial charge in [0.1, 0.15) is 0 Å². The van der Waals surface area contributed by atoms with Crippen molar-refractivity contribution in [3.8, 4) is 5.40 Å². The van der Waals surface area contributed by atoms with Gasteiger partial charge in [0.05, 0.1) is 0 Å². The molecular formula is CHAuNNaS. The molecule has 4 heteroatoms. The number of nitrogens with zero attached hydrogens (tertiary/aromatic N) is 1. The maximum absolute atomic E-state index is 7.13. The van der Waals surface area contributed by atoms with Gasteiger partial charge in [-0.1, -0.05) is 5.40 Å². The predicted octanol–water partition coefficient (Wildman–Crippen LogP) is -2.87. The predicted molar refractivity (Wildman–Crippen MR) is 14.1 cm³/mol. The van der Waals surface area contributed by atoms with E-state index >= 15 is 0 Å². The zero-order valence-corrected chi connectivity index (χ0v) is 7.64. The average molecular weight is 279 g/mol. The topological polar surface area (TPSA) is 23.8 Å². The minimum atomic E-state index is 0. The summed E-state index contributed by atoms with van der Waals surface area (Å²) in [7, 11) is 0. The van der Waals surface area contributed by atoms with Crippen LogP contribution in [0, 0.1) is 10.7 Å². The van der Waals surface area contributed by atoms with Crippen molar-refractivity contribution in [2.45, 2.75) is 0 Å². The Balaban J connectivity index is -0.00000000667. The van der Waals surface area contributed by atoms with E-state index in [0.29, 0.717) is 0 Å². The van der Waals surface area contributed by atoms with Crippen molar-refractivity contribution in [1.82, 2.24) is 0 Å². The van der Waals surface area contributed by atoms with Gasteiger partial charge in [-0.3, -0.25) is 0 Å². The van der Waals surface area contributed by atoms with Crippen LogP contribution in [0.15, 0.2) is 0 Å². The van der Waals surface area contributed by atoms with Crippen molar-refractivity contribution in [3.63, 3.8) is 0 Å². The van der Waals surface area contributed by atoms with Gasteiger partial charge in [0.15, 0.2) is 0 Å². The molecule has 0 aromatic rings. The van der Waals surface area contributed by atoms with Crippen molar-refractivity contribution in [1.29, 1.82) is 5.26 Å². The molecule has 0 saturated heterocycles. The minimum absolute atomic E-state index is 0. The first-order chi connectivity index (χ1) is 1.41. The summed E-state index contributed by atoms with van der Waals surface area (Å²) < 4.78 is 0. The Kier molecular flexibility index (Phi) is 57.9. The SMILES string of the molecule is N#C[S-].[Au+].[H-].[Na+]. The number of hydrogen-bond acceptors (Lipinski definition) is 2. The third-order valence-electron chi connectivity index (χ3n) is 0. The van der Waals surface area contributed by atoms with Crippen molar-refractivity contribution in [2.24, 2.45) is 0 Å². The monoisotopic (exact) mass is 279 g/mol.